The maximum atomic E-state index is 11.9. The van der Waals surface area contributed by atoms with Crippen LogP contribution in [0, 0.1) is 12.8 Å². The molecular weight excluding hydrogens is 254 g/mol. The summed E-state index contributed by atoms with van der Waals surface area (Å²) in [6, 6.07) is 7.32. The standard InChI is InChI=1S/C16H19NO3/c1-10(2)9-20-12-5-6-15-13(8-12)14(16(18)19-4)7-11(3)17-15/h5-8,10H,9H2,1-4H3. The zero-order chi connectivity index (χ0) is 14.7. The van der Waals surface area contributed by atoms with Crippen molar-refractivity contribution in [3.63, 3.8) is 0 Å². The van der Waals surface area contributed by atoms with Gasteiger partial charge in [0.05, 0.1) is 24.8 Å². The third kappa shape index (κ3) is 3.07. The van der Waals surface area contributed by atoms with Gasteiger partial charge in [0.2, 0.25) is 0 Å². The summed E-state index contributed by atoms with van der Waals surface area (Å²) in [4.78, 5) is 16.3. The van der Waals surface area contributed by atoms with E-state index in [1.54, 1.807) is 6.07 Å². The Morgan fingerprint density at radius 2 is 2.05 bits per heavy atom. The van der Waals surface area contributed by atoms with E-state index in [9.17, 15) is 4.79 Å². The molecule has 0 aliphatic carbocycles. The van der Waals surface area contributed by atoms with Crippen LogP contribution in [0.2, 0.25) is 0 Å². The molecule has 0 N–H and O–H groups in total. The smallest absolute Gasteiger partial charge is 0.338 e. The predicted octanol–water partition coefficient (Wildman–Crippen LogP) is 3.36. The molecule has 0 aliphatic rings. The molecule has 4 heteroatoms. The van der Waals surface area contributed by atoms with E-state index < -0.39 is 0 Å². The minimum absolute atomic E-state index is 0.360. The second-order valence-electron chi connectivity index (χ2n) is 5.19. The molecule has 0 unspecified atom stereocenters. The van der Waals surface area contributed by atoms with E-state index in [1.807, 2.05) is 25.1 Å². The van der Waals surface area contributed by atoms with Crippen molar-refractivity contribution in [2.24, 2.45) is 5.92 Å². The molecule has 1 heterocycles. The van der Waals surface area contributed by atoms with Crippen LogP contribution in [-0.2, 0) is 4.74 Å². The molecule has 0 saturated heterocycles. The molecule has 0 spiro atoms. The van der Waals surface area contributed by atoms with E-state index >= 15 is 0 Å². The molecule has 1 aromatic carbocycles. The van der Waals surface area contributed by atoms with Gasteiger partial charge < -0.3 is 9.47 Å². The summed E-state index contributed by atoms with van der Waals surface area (Å²) in [6.45, 7) is 6.67. The zero-order valence-electron chi connectivity index (χ0n) is 12.3. The zero-order valence-corrected chi connectivity index (χ0v) is 12.3. The number of rotatable bonds is 4. The topological polar surface area (TPSA) is 48.4 Å². The van der Waals surface area contributed by atoms with Crippen molar-refractivity contribution < 1.29 is 14.3 Å². The number of fused-ring (bicyclic) bond motifs is 1. The van der Waals surface area contributed by atoms with Crippen molar-refractivity contribution in [1.82, 2.24) is 4.98 Å². The molecule has 0 aliphatic heterocycles. The first-order valence-corrected chi connectivity index (χ1v) is 6.63. The van der Waals surface area contributed by atoms with Crippen LogP contribution in [0.4, 0.5) is 0 Å². The first kappa shape index (κ1) is 14.3. The van der Waals surface area contributed by atoms with Crippen LogP contribution >= 0.6 is 0 Å². The van der Waals surface area contributed by atoms with Gasteiger partial charge in [-0.1, -0.05) is 13.8 Å². The van der Waals surface area contributed by atoms with Gasteiger partial charge in [-0.05, 0) is 37.1 Å². The highest BCUT2D eigenvalue weighted by molar-refractivity contribution is 6.03. The first-order chi connectivity index (χ1) is 9.51. The first-order valence-electron chi connectivity index (χ1n) is 6.63. The third-order valence-electron chi connectivity index (χ3n) is 2.90. The molecule has 0 amide bonds. The molecular formula is C16H19NO3. The molecule has 4 nitrogen and oxygen atoms in total. The summed E-state index contributed by atoms with van der Waals surface area (Å²) in [5.41, 5.74) is 2.07. The number of pyridine rings is 1. The van der Waals surface area contributed by atoms with Crippen molar-refractivity contribution in [2.75, 3.05) is 13.7 Å². The number of nitrogens with zero attached hydrogens (tertiary/aromatic N) is 1. The lowest BCUT2D eigenvalue weighted by atomic mass is 10.1. The lowest BCUT2D eigenvalue weighted by Gasteiger charge is -2.11. The van der Waals surface area contributed by atoms with Crippen molar-refractivity contribution in [3.8, 4) is 5.75 Å². The number of esters is 1. The molecule has 0 atom stereocenters. The Kier molecular flexibility index (Phi) is 4.23. The van der Waals surface area contributed by atoms with Crippen LogP contribution in [0.3, 0.4) is 0 Å². The Balaban J connectivity index is 2.48. The molecule has 20 heavy (non-hydrogen) atoms. The molecule has 106 valence electrons. The Hall–Kier alpha value is -2.10. The molecule has 1 aromatic heterocycles. The van der Waals surface area contributed by atoms with Crippen LogP contribution in [-0.4, -0.2) is 24.7 Å². The highest BCUT2D eigenvalue weighted by atomic mass is 16.5. The second kappa shape index (κ2) is 5.90. The third-order valence-corrected chi connectivity index (χ3v) is 2.90. The fourth-order valence-corrected chi connectivity index (χ4v) is 1.97. The Labute approximate surface area is 118 Å². The van der Waals surface area contributed by atoms with E-state index in [2.05, 4.69) is 18.8 Å². The monoisotopic (exact) mass is 273 g/mol. The van der Waals surface area contributed by atoms with Gasteiger partial charge in [-0.2, -0.15) is 0 Å². The second-order valence-corrected chi connectivity index (χ2v) is 5.19. The van der Waals surface area contributed by atoms with E-state index in [0.29, 0.717) is 18.1 Å². The summed E-state index contributed by atoms with van der Waals surface area (Å²) in [6.07, 6.45) is 0. The quantitative estimate of drug-likeness (QED) is 0.801. The number of methoxy groups -OCH3 is 1. The maximum Gasteiger partial charge on any atom is 0.338 e. The number of hydrogen-bond donors (Lipinski definition) is 0. The van der Waals surface area contributed by atoms with Crippen LogP contribution in [0.15, 0.2) is 24.3 Å². The van der Waals surface area contributed by atoms with Gasteiger partial charge in [0.1, 0.15) is 5.75 Å². The Morgan fingerprint density at radius 1 is 1.30 bits per heavy atom. The van der Waals surface area contributed by atoms with Crippen molar-refractivity contribution >= 4 is 16.9 Å². The summed E-state index contributed by atoms with van der Waals surface area (Å²) >= 11 is 0. The number of carbonyl (C=O) groups is 1. The normalized spacial score (nSPS) is 10.8. The Bertz CT molecular complexity index is 635. The van der Waals surface area contributed by atoms with Crippen molar-refractivity contribution in [3.05, 3.63) is 35.5 Å². The molecule has 0 bridgehead atoms. The maximum absolute atomic E-state index is 11.9. The molecule has 0 fully saturated rings. The molecule has 2 aromatic rings. The highest BCUT2D eigenvalue weighted by Gasteiger charge is 2.13. The number of ether oxygens (including phenoxy) is 2. The fraction of sp³-hybridized carbons (Fsp3) is 0.375. The van der Waals surface area contributed by atoms with Gasteiger partial charge >= 0.3 is 5.97 Å². The number of carbonyl (C=O) groups excluding carboxylic acids is 1. The van der Waals surface area contributed by atoms with E-state index in [4.69, 9.17) is 9.47 Å². The lowest BCUT2D eigenvalue weighted by molar-refractivity contribution is 0.0603. The lowest BCUT2D eigenvalue weighted by Crippen LogP contribution is -2.06. The van der Waals surface area contributed by atoms with E-state index in [1.165, 1.54) is 7.11 Å². The van der Waals surface area contributed by atoms with Crippen LogP contribution in [0.1, 0.15) is 29.9 Å². The van der Waals surface area contributed by atoms with Crippen LogP contribution < -0.4 is 4.74 Å². The number of hydrogen-bond acceptors (Lipinski definition) is 4. The van der Waals surface area contributed by atoms with Crippen molar-refractivity contribution in [1.29, 1.82) is 0 Å². The average Bonchev–Trinajstić information content (AvgIpc) is 2.43. The van der Waals surface area contributed by atoms with E-state index in [-0.39, 0.29) is 5.97 Å². The summed E-state index contributed by atoms with van der Waals surface area (Å²) in [5.74, 6) is 0.824. The summed E-state index contributed by atoms with van der Waals surface area (Å²) < 4.78 is 10.5. The molecule has 0 saturated carbocycles. The van der Waals surface area contributed by atoms with Gasteiger partial charge in [-0.3, -0.25) is 4.98 Å². The SMILES string of the molecule is COC(=O)c1cc(C)nc2ccc(OCC(C)C)cc12. The van der Waals surface area contributed by atoms with E-state index in [0.717, 1.165) is 22.3 Å². The van der Waals surface area contributed by atoms with Crippen LogP contribution in [0.25, 0.3) is 10.9 Å². The van der Waals surface area contributed by atoms with Gasteiger partial charge in [0.15, 0.2) is 0 Å². The highest BCUT2D eigenvalue weighted by Crippen LogP contribution is 2.24. The van der Waals surface area contributed by atoms with Gasteiger partial charge in [0.25, 0.3) is 0 Å². The van der Waals surface area contributed by atoms with Gasteiger partial charge in [0, 0.05) is 11.1 Å². The minimum Gasteiger partial charge on any atom is -0.493 e. The number of aromatic nitrogens is 1. The van der Waals surface area contributed by atoms with Gasteiger partial charge in [-0.25, -0.2) is 4.79 Å². The Morgan fingerprint density at radius 3 is 2.70 bits per heavy atom. The molecule has 2 rings (SSSR count). The van der Waals surface area contributed by atoms with Crippen molar-refractivity contribution in [2.45, 2.75) is 20.8 Å². The number of benzene rings is 1. The largest absolute Gasteiger partial charge is 0.493 e. The van der Waals surface area contributed by atoms with Gasteiger partial charge in [-0.15, -0.1) is 0 Å². The predicted molar refractivity (Wildman–Crippen MR) is 78.2 cm³/mol. The summed E-state index contributed by atoms with van der Waals surface area (Å²) in [7, 11) is 1.38. The molecule has 0 radical (unpaired) electrons. The van der Waals surface area contributed by atoms with Crippen LogP contribution in [0.5, 0.6) is 5.75 Å². The minimum atomic E-state index is -0.360. The fourth-order valence-electron chi connectivity index (χ4n) is 1.97. The average molecular weight is 273 g/mol. The summed E-state index contributed by atoms with van der Waals surface area (Å²) in [5, 5.41) is 0.753. The number of aryl methyl sites for hydroxylation is 1.